The lowest BCUT2D eigenvalue weighted by Crippen LogP contribution is -2.24. The van der Waals surface area contributed by atoms with Gasteiger partial charge in [-0.2, -0.15) is 18.2 Å². The van der Waals surface area contributed by atoms with Crippen molar-refractivity contribution in [1.82, 2.24) is 20.4 Å². The molecule has 0 spiro atoms. The molecule has 0 aliphatic rings. The Labute approximate surface area is 179 Å². The van der Waals surface area contributed by atoms with Gasteiger partial charge < -0.3 is 14.6 Å². The Kier molecular flexibility index (Phi) is 6.45. The molecule has 0 atom stereocenters. The number of carbonyl (C=O) groups excluding carboxylic acids is 1. The average Bonchev–Trinajstić information content (AvgIpc) is 3.22. The number of amides is 1. The van der Waals surface area contributed by atoms with Crippen LogP contribution in [0.5, 0.6) is 0 Å². The van der Waals surface area contributed by atoms with Crippen molar-refractivity contribution < 1.29 is 35.6 Å². The maximum Gasteiger partial charge on any atom is 0.471 e. The molecule has 0 saturated carbocycles. The minimum absolute atomic E-state index is 0.0909. The Bertz CT molecular complexity index is 1230. The van der Waals surface area contributed by atoms with Gasteiger partial charge in [0.1, 0.15) is 6.61 Å². The maximum absolute atomic E-state index is 12.6. The summed E-state index contributed by atoms with van der Waals surface area (Å²) < 4.78 is 69.4. The topological polar surface area (TPSA) is 150 Å². The number of aryl methyl sites for hydroxylation is 1. The van der Waals surface area contributed by atoms with Gasteiger partial charge in [0.05, 0.1) is 0 Å². The van der Waals surface area contributed by atoms with E-state index in [2.05, 4.69) is 25.0 Å². The number of rotatable bonds is 6. The molecule has 2 heterocycles. The van der Waals surface area contributed by atoms with Crippen LogP contribution in [0.4, 0.5) is 18.0 Å². The van der Waals surface area contributed by atoms with Crippen molar-refractivity contribution in [3.05, 3.63) is 59.1 Å². The number of sulfonamides is 1. The molecule has 0 saturated heterocycles. The van der Waals surface area contributed by atoms with E-state index in [0.29, 0.717) is 22.3 Å². The highest BCUT2D eigenvalue weighted by molar-refractivity contribution is 7.89. The molecule has 32 heavy (non-hydrogen) atoms. The van der Waals surface area contributed by atoms with Crippen molar-refractivity contribution >= 4 is 16.1 Å². The second kappa shape index (κ2) is 8.92. The fourth-order valence-electron chi connectivity index (χ4n) is 2.52. The van der Waals surface area contributed by atoms with Crippen LogP contribution in [-0.4, -0.2) is 29.6 Å². The fraction of sp³-hybridized carbons (Fsp3) is 0.222. The molecular weight excluding hydrogens is 455 g/mol. The van der Waals surface area contributed by atoms with Gasteiger partial charge in [-0.25, -0.2) is 23.3 Å². The lowest BCUT2D eigenvalue weighted by atomic mass is 10.0. The van der Waals surface area contributed by atoms with Crippen LogP contribution < -0.4 is 10.5 Å². The molecule has 0 unspecified atom stereocenters. The lowest BCUT2D eigenvalue weighted by Gasteiger charge is -2.10. The largest absolute Gasteiger partial charge is 0.471 e. The number of pyridine rings is 1. The van der Waals surface area contributed by atoms with Crippen LogP contribution >= 0.6 is 0 Å². The first-order valence-electron chi connectivity index (χ1n) is 8.82. The molecule has 1 aromatic carbocycles. The molecule has 0 fully saturated rings. The first-order chi connectivity index (χ1) is 14.9. The van der Waals surface area contributed by atoms with E-state index in [9.17, 15) is 26.4 Å². The van der Waals surface area contributed by atoms with Crippen molar-refractivity contribution in [2.75, 3.05) is 0 Å². The Hall–Kier alpha value is -3.52. The summed E-state index contributed by atoms with van der Waals surface area (Å²) in [5.41, 5.74) is 2.13. The number of ether oxygens (including phenoxy) is 1. The van der Waals surface area contributed by atoms with E-state index in [1.54, 1.807) is 19.1 Å². The highest BCUT2D eigenvalue weighted by atomic mass is 32.2. The van der Waals surface area contributed by atoms with E-state index >= 15 is 0 Å². The Morgan fingerprint density at radius 1 is 1.25 bits per heavy atom. The Morgan fingerprint density at radius 2 is 2.00 bits per heavy atom. The summed E-state index contributed by atoms with van der Waals surface area (Å²) in [6, 6.07) is 7.26. The van der Waals surface area contributed by atoms with Gasteiger partial charge in [0, 0.05) is 23.9 Å². The number of hydrogen-bond donors (Lipinski definition) is 2. The molecule has 0 bridgehead atoms. The van der Waals surface area contributed by atoms with Gasteiger partial charge in [-0.15, -0.1) is 0 Å². The number of carbonyl (C=O) groups is 1. The zero-order chi connectivity index (χ0) is 23.5. The van der Waals surface area contributed by atoms with E-state index in [1.807, 2.05) is 0 Å². The number of hydrogen-bond acceptors (Lipinski definition) is 8. The molecule has 3 rings (SSSR count). The van der Waals surface area contributed by atoms with E-state index in [4.69, 9.17) is 9.88 Å². The average molecular weight is 471 g/mol. The highest BCUT2D eigenvalue weighted by Crippen LogP contribution is 2.29. The molecule has 0 aliphatic heterocycles. The number of nitrogens with two attached hydrogens (primary N) is 1. The molecule has 0 aliphatic carbocycles. The van der Waals surface area contributed by atoms with Crippen LogP contribution in [0.25, 0.3) is 11.4 Å². The van der Waals surface area contributed by atoms with Gasteiger partial charge in [0.2, 0.25) is 5.82 Å². The molecule has 3 aromatic rings. The van der Waals surface area contributed by atoms with Crippen LogP contribution in [0.15, 0.2) is 46.1 Å². The minimum atomic E-state index is -4.73. The summed E-state index contributed by atoms with van der Waals surface area (Å²) >= 11 is 0. The van der Waals surface area contributed by atoms with Crippen LogP contribution in [0.3, 0.4) is 0 Å². The normalized spacial score (nSPS) is 11.9. The molecule has 2 aromatic heterocycles. The third-order valence-electron chi connectivity index (χ3n) is 4.15. The molecular formula is C18H16F3N5O5S. The number of primary sulfonamides is 1. The van der Waals surface area contributed by atoms with Crippen molar-refractivity contribution in [2.45, 2.75) is 31.3 Å². The quantitative estimate of drug-likeness (QED) is 0.557. The highest BCUT2D eigenvalue weighted by Gasteiger charge is 2.38. The van der Waals surface area contributed by atoms with Gasteiger partial charge in [0.25, 0.3) is 10.0 Å². The molecule has 14 heteroatoms. The Balaban J connectivity index is 1.55. The third-order valence-corrected chi connectivity index (χ3v) is 4.98. The van der Waals surface area contributed by atoms with Crippen molar-refractivity contribution in [1.29, 1.82) is 0 Å². The monoisotopic (exact) mass is 471 g/mol. The zero-order valence-corrected chi connectivity index (χ0v) is 17.2. The molecule has 3 N–H and O–H groups in total. The molecule has 170 valence electrons. The molecule has 1 amide bonds. The van der Waals surface area contributed by atoms with Gasteiger partial charge in [-0.1, -0.05) is 23.4 Å². The number of nitrogens with one attached hydrogen (secondary N) is 1. The van der Waals surface area contributed by atoms with Crippen LogP contribution in [0, 0.1) is 6.92 Å². The number of benzene rings is 1. The summed E-state index contributed by atoms with van der Waals surface area (Å²) in [5, 5.41) is 10.5. The number of halogens is 3. The number of alkyl halides is 3. The van der Waals surface area contributed by atoms with Gasteiger partial charge >= 0.3 is 18.2 Å². The zero-order valence-electron chi connectivity index (χ0n) is 16.4. The molecule has 10 nitrogen and oxygen atoms in total. The summed E-state index contributed by atoms with van der Waals surface area (Å²) in [6.07, 6.45) is -4.25. The van der Waals surface area contributed by atoms with Crippen molar-refractivity contribution in [2.24, 2.45) is 5.14 Å². The van der Waals surface area contributed by atoms with E-state index in [1.165, 1.54) is 24.4 Å². The Morgan fingerprint density at radius 3 is 2.56 bits per heavy atom. The smallest absolute Gasteiger partial charge is 0.445 e. The standard InChI is InChI=1S/C18H16F3N5O5S/c1-10-6-12(15-25-16(31-26-15)18(19,20)21)3-4-13(10)8-24-17(27)30-9-11-2-5-14(23-7-11)32(22,28)29/h2-7H,8-9H2,1H3,(H,24,27)(H2,22,28,29). The maximum atomic E-state index is 12.6. The van der Waals surface area contributed by atoms with Gasteiger partial charge in [-0.05, 0) is 30.2 Å². The predicted molar refractivity (Wildman–Crippen MR) is 102 cm³/mol. The fourth-order valence-corrected chi connectivity index (χ4v) is 2.98. The summed E-state index contributed by atoms with van der Waals surface area (Å²) in [7, 11) is -3.91. The van der Waals surface area contributed by atoms with Crippen LogP contribution in [0.1, 0.15) is 22.6 Å². The minimum Gasteiger partial charge on any atom is -0.445 e. The first-order valence-corrected chi connectivity index (χ1v) is 10.4. The second-order valence-electron chi connectivity index (χ2n) is 6.54. The molecule has 0 radical (unpaired) electrons. The summed E-state index contributed by atoms with van der Waals surface area (Å²) in [5.74, 6) is -1.64. The van der Waals surface area contributed by atoms with Crippen LogP contribution in [-0.2, 0) is 34.1 Å². The number of alkyl carbamates (subject to hydrolysis) is 1. The number of nitrogens with zero attached hydrogens (tertiary/aromatic N) is 3. The summed E-state index contributed by atoms with van der Waals surface area (Å²) in [6.45, 7) is 1.64. The second-order valence-corrected chi connectivity index (χ2v) is 8.05. The van der Waals surface area contributed by atoms with Gasteiger partial charge in [0.15, 0.2) is 5.03 Å². The van der Waals surface area contributed by atoms with Crippen molar-refractivity contribution in [3.63, 3.8) is 0 Å². The third kappa shape index (κ3) is 5.79. The van der Waals surface area contributed by atoms with E-state index < -0.39 is 28.2 Å². The van der Waals surface area contributed by atoms with E-state index in [0.717, 1.165) is 0 Å². The van der Waals surface area contributed by atoms with E-state index in [-0.39, 0.29) is 24.0 Å². The van der Waals surface area contributed by atoms with Gasteiger partial charge in [-0.3, -0.25) is 0 Å². The van der Waals surface area contributed by atoms with Crippen molar-refractivity contribution in [3.8, 4) is 11.4 Å². The number of aromatic nitrogens is 3. The lowest BCUT2D eigenvalue weighted by molar-refractivity contribution is -0.159. The van der Waals surface area contributed by atoms with Crippen LogP contribution in [0.2, 0.25) is 0 Å². The summed E-state index contributed by atoms with van der Waals surface area (Å²) in [4.78, 5) is 18.9. The predicted octanol–water partition coefficient (Wildman–Crippen LogP) is 2.53. The first kappa shape index (κ1) is 23.1. The SMILES string of the molecule is Cc1cc(-c2noc(C(F)(F)F)n2)ccc1CNC(=O)OCc1ccc(S(N)(=O)=O)nc1.